The van der Waals surface area contributed by atoms with Crippen molar-refractivity contribution in [3.8, 4) is 0 Å². The summed E-state index contributed by atoms with van der Waals surface area (Å²) in [7, 11) is 0. The molecule has 1 N–H and O–H groups in total. The van der Waals surface area contributed by atoms with E-state index in [9.17, 15) is 4.79 Å². The van der Waals surface area contributed by atoms with Crippen molar-refractivity contribution in [2.75, 3.05) is 44.7 Å². The molecule has 0 saturated carbocycles. The van der Waals surface area contributed by atoms with Gasteiger partial charge in [-0.05, 0) is 19.1 Å². The summed E-state index contributed by atoms with van der Waals surface area (Å²) in [6, 6.07) is 7.50. The highest BCUT2D eigenvalue weighted by Crippen LogP contribution is 2.11. The Hall–Kier alpha value is -1.92. The van der Waals surface area contributed by atoms with Crippen LogP contribution in [-0.2, 0) is 11.3 Å². The molecule has 1 aliphatic rings. The molecule has 6 nitrogen and oxygen atoms in total. The zero-order valence-electron chi connectivity index (χ0n) is 12.9. The van der Waals surface area contributed by atoms with Crippen molar-refractivity contribution >= 4 is 16.9 Å². The lowest BCUT2D eigenvalue weighted by molar-refractivity contribution is 0.0363. The van der Waals surface area contributed by atoms with Crippen LogP contribution in [0.25, 0.3) is 10.9 Å². The van der Waals surface area contributed by atoms with E-state index in [0.29, 0.717) is 17.9 Å². The number of morpholine rings is 1. The lowest BCUT2D eigenvalue weighted by Gasteiger charge is -2.27. The van der Waals surface area contributed by atoms with Gasteiger partial charge in [0.2, 0.25) is 5.95 Å². The highest BCUT2D eigenvalue weighted by atomic mass is 16.5. The number of anilines is 1. The molecule has 1 aromatic heterocycles. The van der Waals surface area contributed by atoms with E-state index in [1.165, 1.54) is 0 Å². The summed E-state index contributed by atoms with van der Waals surface area (Å²) in [5.74, 6) is 0.652. The van der Waals surface area contributed by atoms with Crippen LogP contribution in [-0.4, -0.2) is 53.8 Å². The quantitative estimate of drug-likeness (QED) is 0.898. The average Bonchev–Trinajstić information content (AvgIpc) is 2.56. The number of para-hydroxylation sites is 1. The number of hydrogen-bond donors (Lipinski definition) is 1. The van der Waals surface area contributed by atoms with Crippen LogP contribution in [0.2, 0.25) is 0 Å². The predicted molar refractivity (Wildman–Crippen MR) is 87.4 cm³/mol. The standard InChI is InChI=1S/C16H22N4O2/c1-2-17-16-18-14-6-4-3-5-13(14)15(21)20(16)8-7-19-9-11-22-12-10-19/h3-6H,2,7-12H2,1H3,(H,17,18). The summed E-state index contributed by atoms with van der Waals surface area (Å²) >= 11 is 0. The zero-order chi connectivity index (χ0) is 15.4. The number of rotatable bonds is 5. The molecule has 1 fully saturated rings. The largest absolute Gasteiger partial charge is 0.379 e. The minimum atomic E-state index is 0.0230. The first-order chi connectivity index (χ1) is 10.8. The Bertz CT molecular complexity index is 692. The van der Waals surface area contributed by atoms with Crippen molar-refractivity contribution in [1.82, 2.24) is 14.5 Å². The van der Waals surface area contributed by atoms with Gasteiger partial charge in [0.1, 0.15) is 0 Å². The topological polar surface area (TPSA) is 59.4 Å². The summed E-state index contributed by atoms with van der Waals surface area (Å²) in [6.45, 7) is 7.60. The Kier molecular flexibility index (Phi) is 4.70. The van der Waals surface area contributed by atoms with Crippen LogP contribution in [0.5, 0.6) is 0 Å². The molecule has 6 heteroatoms. The Labute approximate surface area is 129 Å². The first-order valence-electron chi connectivity index (χ1n) is 7.83. The molecule has 0 spiro atoms. The van der Waals surface area contributed by atoms with Crippen molar-refractivity contribution in [1.29, 1.82) is 0 Å². The van der Waals surface area contributed by atoms with Gasteiger partial charge in [0.25, 0.3) is 5.56 Å². The molecule has 0 unspecified atom stereocenters. The van der Waals surface area contributed by atoms with Crippen LogP contribution >= 0.6 is 0 Å². The molecule has 0 radical (unpaired) electrons. The summed E-state index contributed by atoms with van der Waals surface area (Å²) in [6.07, 6.45) is 0. The summed E-state index contributed by atoms with van der Waals surface area (Å²) in [5.41, 5.74) is 0.765. The third-order valence-corrected chi connectivity index (χ3v) is 3.94. The lowest BCUT2D eigenvalue weighted by Crippen LogP contribution is -2.39. The molecule has 3 rings (SSSR count). The van der Waals surface area contributed by atoms with Crippen LogP contribution < -0.4 is 10.9 Å². The number of ether oxygens (including phenoxy) is 1. The third-order valence-electron chi connectivity index (χ3n) is 3.94. The fourth-order valence-electron chi connectivity index (χ4n) is 2.73. The second kappa shape index (κ2) is 6.89. The molecular formula is C16H22N4O2. The van der Waals surface area contributed by atoms with Gasteiger partial charge in [0.15, 0.2) is 0 Å². The van der Waals surface area contributed by atoms with Gasteiger partial charge in [-0.1, -0.05) is 12.1 Å². The number of hydrogen-bond acceptors (Lipinski definition) is 5. The molecule has 0 aliphatic carbocycles. The highest BCUT2D eigenvalue weighted by molar-refractivity contribution is 5.78. The van der Waals surface area contributed by atoms with Gasteiger partial charge in [0, 0.05) is 32.7 Å². The molecular weight excluding hydrogens is 280 g/mol. The van der Waals surface area contributed by atoms with E-state index in [1.54, 1.807) is 4.57 Å². The van der Waals surface area contributed by atoms with E-state index in [2.05, 4.69) is 15.2 Å². The lowest BCUT2D eigenvalue weighted by atomic mass is 10.2. The molecule has 0 bridgehead atoms. The van der Waals surface area contributed by atoms with E-state index < -0.39 is 0 Å². The highest BCUT2D eigenvalue weighted by Gasteiger charge is 2.14. The van der Waals surface area contributed by atoms with Gasteiger partial charge in [-0.15, -0.1) is 0 Å². The number of fused-ring (bicyclic) bond motifs is 1. The van der Waals surface area contributed by atoms with Crippen LogP contribution in [0, 0.1) is 0 Å². The number of aromatic nitrogens is 2. The third kappa shape index (κ3) is 3.13. The van der Waals surface area contributed by atoms with E-state index in [4.69, 9.17) is 4.74 Å². The molecule has 1 aromatic carbocycles. The van der Waals surface area contributed by atoms with Gasteiger partial charge in [-0.2, -0.15) is 0 Å². The van der Waals surface area contributed by atoms with E-state index in [1.807, 2.05) is 31.2 Å². The Morgan fingerprint density at radius 3 is 2.77 bits per heavy atom. The number of nitrogens with zero attached hydrogens (tertiary/aromatic N) is 3. The maximum absolute atomic E-state index is 12.7. The van der Waals surface area contributed by atoms with Crippen LogP contribution in [0.4, 0.5) is 5.95 Å². The van der Waals surface area contributed by atoms with Gasteiger partial charge < -0.3 is 10.1 Å². The predicted octanol–water partition coefficient (Wildman–Crippen LogP) is 1.16. The molecule has 118 valence electrons. The van der Waals surface area contributed by atoms with Crippen molar-refractivity contribution in [3.05, 3.63) is 34.6 Å². The fourth-order valence-corrected chi connectivity index (χ4v) is 2.73. The van der Waals surface area contributed by atoms with Crippen molar-refractivity contribution in [2.45, 2.75) is 13.5 Å². The summed E-state index contributed by atoms with van der Waals surface area (Å²) < 4.78 is 7.11. The van der Waals surface area contributed by atoms with E-state index in [0.717, 1.165) is 44.9 Å². The minimum Gasteiger partial charge on any atom is -0.379 e. The molecule has 2 aromatic rings. The first-order valence-corrected chi connectivity index (χ1v) is 7.83. The van der Waals surface area contributed by atoms with Crippen molar-refractivity contribution < 1.29 is 4.74 Å². The summed E-state index contributed by atoms with van der Waals surface area (Å²) in [5, 5.41) is 3.88. The Morgan fingerprint density at radius 2 is 2.00 bits per heavy atom. The molecule has 1 saturated heterocycles. The monoisotopic (exact) mass is 302 g/mol. The molecule has 0 atom stereocenters. The molecule has 2 heterocycles. The molecule has 22 heavy (non-hydrogen) atoms. The van der Waals surface area contributed by atoms with Crippen molar-refractivity contribution in [2.24, 2.45) is 0 Å². The van der Waals surface area contributed by atoms with Crippen LogP contribution in [0.3, 0.4) is 0 Å². The molecule has 1 aliphatic heterocycles. The minimum absolute atomic E-state index is 0.0230. The van der Waals surface area contributed by atoms with Gasteiger partial charge in [-0.3, -0.25) is 14.3 Å². The molecule has 0 amide bonds. The van der Waals surface area contributed by atoms with Crippen LogP contribution in [0.15, 0.2) is 29.1 Å². The maximum Gasteiger partial charge on any atom is 0.262 e. The maximum atomic E-state index is 12.7. The SMILES string of the molecule is CCNc1nc2ccccc2c(=O)n1CCN1CCOCC1. The fraction of sp³-hybridized carbons (Fsp3) is 0.500. The van der Waals surface area contributed by atoms with E-state index in [-0.39, 0.29) is 5.56 Å². The van der Waals surface area contributed by atoms with Crippen molar-refractivity contribution in [3.63, 3.8) is 0 Å². The average molecular weight is 302 g/mol. The normalized spacial score (nSPS) is 16.0. The van der Waals surface area contributed by atoms with Gasteiger partial charge >= 0.3 is 0 Å². The van der Waals surface area contributed by atoms with Crippen LogP contribution in [0.1, 0.15) is 6.92 Å². The van der Waals surface area contributed by atoms with Gasteiger partial charge in [0.05, 0.1) is 24.1 Å². The van der Waals surface area contributed by atoms with E-state index >= 15 is 0 Å². The van der Waals surface area contributed by atoms with Gasteiger partial charge in [-0.25, -0.2) is 4.98 Å². The number of nitrogens with one attached hydrogen (secondary N) is 1. The zero-order valence-corrected chi connectivity index (χ0v) is 12.9. The Morgan fingerprint density at radius 1 is 1.23 bits per heavy atom. The second-order valence-corrected chi connectivity index (χ2v) is 5.39. The number of benzene rings is 1. The smallest absolute Gasteiger partial charge is 0.262 e. The summed E-state index contributed by atoms with van der Waals surface area (Å²) in [4.78, 5) is 19.7. The second-order valence-electron chi connectivity index (χ2n) is 5.39. The Balaban J connectivity index is 1.90. The first kappa shape index (κ1) is 15.0.